The van der Waals surface area contributed by atoms with Crippen LogP contribution in [-0.4, -0.2) is 66.7 Å². The third-order valence-corrected chi connectivity index (χ3v) is 12.8. The lowest BCUT2D eigenvalue weighted by molar-refractivity contribution is -0.142. The lowest BCUT2D eigenvalue weighted by Crippen LogP contribution is -2.40. The van der Waals surface area contributed by atoms with Gasteiger partial charge in [-0.3, -0.25) is 23.6 Å². The van der Waals surface area contributed by atoms with Gasteiger partial charge in [0, 0.05) is 66.2 Å². The number of rotatable bonds is 8. The SMILES string of the molecule is CCc1nccc(-c2ccc3c(c2)cc(C(=O)N2CCc4nn(-c5cc(C)cc(C)c5)c(-n5ccn(-c6ccc7c(cnn7C)c6)c5=O)c4C2)n3[C@@]2(C(=O)O)C[C@@H]2C)c1C. The molecule has 1 N–H and O–H groups in total. The molecule has 8 aromatic rings. The number of carbonyl (C=O) groups excluding carboxylic acids is 1. The lowest BCUT2D eigenvalue weighted by atomic mass is 9.98. The van der Waals surface area contributed by atoms with Gasteiger partial charge in [0.1, 0.15) is 17.1 Å². The Balaban J connectivity index is 1.09. The molecular formula is C47H45N9O4. The summed E-state index contributed by atoms with van der Waals surface area (Å²) in [7, 11) is 1.88. The number of hydrogen-bond acceptors (Lipinski definition) is 6. The monoisotopic (exact) mass is 799 g/mol. The molecule has 0 bridgehead atoms. The Bertz CT molecular complexity index is 3140. The molecule has 1 saturated carbocycles. The van der Waals surface area contributed by atoms with Crippen molar-refractivity contribution < 1.29 is 14.7 Å². The lowest BCUT2D eigenvalue weighted by Gasteiger charge is -2.28. The fraction of sp³-hybridized carbons (Fsp3) is 0.277. The average Bonchev–Trinajstić information content (AvgIpc) is 3.64. The zero-order chi connectivity index (χ0) is 41.8. The van der Waals surface area contributed by atoms with Gasteiger partial charge in [-0.25, -0.2) is 14.3 Å². The molecule has 10 rings (SSSR count). The predicted octanol–water partition coefficient (Wildman–Crippen LogP) is 7.22. The number of fused-ring (bicyclic) bond motifs is 3. The van der Waals surface area contributed by atoms with E-state index in [0.717, 1.165) is 73.2 Å². The number of benzene rings is 3. The van der Waals surface area contributed by atoms with E-state index in [-0.39, 0.29) is 24.1 Å². The molecule has 0 radical (unpaired) electrons. The highest BCUT2D eigenvalue weighted by molar-refractivity contribution is 6.02. The number of carboxylic acids is 1. The van der Waals surface area contributed by atoms with Crippen molar-refractivity contribution >= 4 is 33.7 Å². The van der Waals surface area contributed by atoms with E-state index in [1.54, 1.807) is 41.9 Å². The second kappa shape index (κ2) is 13.5. The molecule has 0 spiro atoms. The Morgan fingerprint density at radius 1 is 0.900 bits per heavy atom. The van der Waals surface area contributed by atoms with Crippen LogP contribution in [0.15, 0.2) is 96.3 Å². The molecule has 0 unspecified atom stereocenters. The van der Waals surface area contributed by atoms with Gasteiger partial charge in [-0.2, -0.15) is 10.2 Å². The highest BCUT2D eigenvalue weighted by Crippen LogP contribution is 2.53. The number of carbonyl (C=O) groups is 2. The summed E-state index contributed by atoms with van der Waals surface area (Å²) < 4.78 is 8.61. The number of carboxylic acid groups (broad SMARTS) is 1. The zero-order valence-electron chi connectivity index (χ0n) is 34.5. The first-order chi connectivity index (χ1) is 28.9. The molecular weight excluding hydrogens is 755 g/mol. The highest BCUT2D eigenvalue weighted by Gasteiger charge is 2.61. The minimum atomic E-state index is -1.24. The van der Waals surface area contributed by atoms with E-state index in [1.807, 2.05) is 93.3 Å². The number of pyridine rings is 1. The number of amides is 1. The van der Waals surface area contributed by atoms with Crippen LogP contribution < -0.4 is 5.69 Å². The first kappa shape index (κ1) is 37.3. The summed E-state index contributed by atoms with van der Waals surface area (Å²) in [5.74, 6) is -0.836. The smallest absolute Gasteiger partial charge is 0.338 e. The van der Waals surface area contributed by atoms with E-state index < -0.39 is 11.5 Å². The summed E-state index contributed by atoms with van der Waals surface area (Å²) in [4.78, 5) is 49.1. The number of imidazole rings is 1. The molecule has 1 fully saturated rings. The summed E-state index contributed by atoms with van der Waals surface area (Å²) in [5, 5.41) is 21.9. The molecule has 60 heavy (non-hydrogen) atoms. The summed E-state index contributed by atoms with van der Waals surface area (Å²) in [6, 6.07) is 21.8. The van der Waals surface area contributed by atoms with Gasteiger partial charge < -0.3 is 14.6 Å². The Labute approximate surface area is 345 Å². The summed E-state index contributed by atoms with van der Waals surface area (Å²) in [6.45, 7) is 10.7. The Kier molecular flexibility index (Phi) is 8.39. The molecule has 3 aromatic carbocycles. The second-order valence-corrected chi connectivity index (χ2v) is 16.6. The van der Waals surface area contributed by atoms with Gasteiger partial charge in [-0.15, -0.1) is 0 Å². The maximum Gasteiger partial charge on any atom is 0.338 e. The van der Waals surface area contributed by atoms with E-state index >= 15 is 4.79 Å². The van der Waals surface area contributed by atoms with E-state index in [2.05, 4.69) is 36.1 Å². The van der Waals surface area contributed by atoms with Crippen LogP contribution in [0.25, 0.3) is 50.1 Å². The Morgan fingerprint density at radius 2 is 1.65 bits per heavy atom. The fourth-order valence-electron chi connectivity index (χ4n) is 9.56. The van der Waals surface area contributed by atoms with Crippen molar-refractivity contribution in [1.29, 1.82) is 0 Å². The first-order valence-electron chi connectivity index (χ1n) is 20.4. The predicted molar refractivity (Wildman–Crippen MR) is 229 cm³/mol. The number of aryl methyl sites for hydroxylation is 4. The van der Waals surface area contributed by atoms with Crippen molar-refractivity contribution in [2.75, 3.05) is 6.54 Å². The molecule has 13 heteroatoms. The van der Waals surface area contributed by atoms with E-state index in [1.165, 1.54) is 0 Å². The van der Waals surface area contributed by atoms with E-state index in [9.17, 15) is 14.7 Å². The highest BCUT2D eigenvalue weighted by atomic mass is 16.4. The van der Waals surface area contributed by atoms with Crippen LogP contribution in [0.4, 0.5) is 0 Å². The van der Waals surface area contributed by atoms with Crippen molar-refractivity contribution in [3.05, 3.63) is 141 Å². The third kappa shape index (κ3) is 5.59. The van der Waals surface area contributed by atoms with Crippen molar-refractivity contribution in [2.24, 2.45) is 13.0 Å². The van der Waals surface area contributed by atoms with Gasteiger partial charge in [0.05, 0.1) is 35.3 Å². The zero-order valence-corrected chi connectivity index (χ0v) is 34.5. The van der Waals surface area contributed by atoms with Crippen LogP contribution in [-0.2, 0) is 36.8 Å². The fourth-order valence-corrected chi connectivity index (χ4v) is 9.56. The molecule has 1 amide bonds. The molecule has 6 heterocycles. The van der Waals surface area contributed by atoms with Crippen LogP contribution in [0.5, 0.6) is 0 Å². The number of nitrogens with zero attached hydrogens (tertiary/aromatic N) is 9. The molecule has 1 aliphatic heterocycles. The molecule has 302 valence electrons. The number of aliphatic carboxylic acids is 1. The van der Waals surface area contributed by atoms with Crippen LogP contribution in [0.3, 0.4) is 0 Å². The molecule has 2 aliphatic rings. The van der Waals surface area contributed by atoms with Crippen molar-refractivity contribution in [2.45, 2.75) is 66.0 Å². The van der Waals surface area contributed by atoms with E-state index in [4.69, 9.17) is 5.10 Å². The van der Waals surface area contributed by atoms with Gasteiger partial charge in [0.2, 0.25) is 0 Å². The normalized spacial score (nSPS) is 17.4. The Morgan fingerprint density at radius 3 is 2.38 bits per heavy atom. The molecule has 13 nitrogen and oxygen atoms in total. The minimum absolute atomic E-state index is 0.170. The van der Waals surface area contributed by atoms with Crippen LogP contribution in [0, 0.1) is 26.7 Å². The van der Waals surface area contributed by atoms with Crippen molar-refractivity contribution in [3.8, 4) is 28.3 Å². The largest absolute Gasteiger partial charge is 0.479 e. The van der Waals surface area contributed by atoms with Crippen LogP contribution in [0.2, 0.25) is 0 Å². The topological polar surface area (TPSA) is 138 Å². The van der Waals surface area contributed by atoms with Gasteiger partial charge in [-0.05, 0) is 122 Å². The Hall–Kier alpha value is -7.02. The minimum Gasteiger partial charge on any atom is -0.479 e. The number of hydrogen-bond donors (Lipinski definition) is 1. The van der Waals surface area contributed by atoms with Crippen molar-refractivity contribution in [3.63, 3.8) is 0 Å². The third-order valence-electron chi connectivity index (χ3n) is 12.8. The maximum absolute atomic E-state index is 15.1. The molecule has 1 aliphatic carbocycles. The quantitative estimate of drug-likeness (QED) is 0.171. The van der Waals surface area contributed by atoms with Crippen LogP contribution in [0.1, 0.15) is 64.4 Å². The molecule has 0 saturated heterocycles. The average molecular weight is 800 g/mol. The summed E-state index contributed by atoms with van der Waals surface area (Å²) in [6.07, 6.45) is 8.78. The van der Waals surface area contributed by atoms with Gasteiger partial charge in [0.25, 0.3) is 5.91 Å². The molecule has 5 aromatic heterocycles. The first-order valence-corrected chi connectivity index (χ1v) is 20.4. The van der Waals surface area contributed by atoms with Gasteiger partial charge in [0.15, 0.2) is 0 Å². The van der Waals surface area contributed by atoms with Crippen molar-refractivity contribution in [1.82, 2.24) is 43.1 Å². The van der Waals surface area contributed by atoms with E-state index in [0.29, 0.717) is 42.1 Å². The molecule has 2 atom stereocenters. The standard InChI is InChI=1S/C47H45N9O4/c1-7-38-30(5)36(12-14-48-38)31-8-10-41-32(21-31)23-42(55(41)47(45(58)59)24-29(47)4)44(57)52-15-13-39-37(26-52)43(56(50-39)35-19-27(2)18-28(3)20-35)54-17-16-53(46(54)60)34-9-11-40-33(22-34)25-49-51(40)6/h8-12,14,16-23,25,29H,7,13,15,24,26H2,1-6H3,(H,58,59)/t29-,47-/m0/s1. The van der Waals surface area contributed by atoms with Crippen LogP contribution >= 0.6 is 0 Å². The summed E-state index contributed by atoms with van der Waals surface area (Å²) in [5.41, 5.74) is 9.78. The summed E-state index contributed by atoms with van der Waals surface area (Å²) >= 11 is 0. The van der Waals surface area contributed by atoms with Gasteiger partial charge in [-0.1, -0.05) is 26.0 Å². The second-order valence-electron chi connectivity index (χ2n) is 16.6. The number of aromatic nitrogens is 8. The maximum atomic E-state index is 15.1. The van der Waals surface area contributed by atoms with Gasteiger partial charge >= 0.3 is 11.7 Å².